The topological polar surface area (TPSA) is 156 Å². The van der Waals surface area contributed by atoms with Crippen LogP contribution in [0.5, 0.6) is 0 Å². The first-order valence-electron chi connectivity index (χ1n) is 1.53. The van der Waals surface area contributed by atoms with Gasteiger partial charge in [0.15, 0.2) is 0 Å². The Balaban J connectivity index is -0.0000000533. The van der Waals surface area contributed by atoms with Crippen molar-refractivity contribution in [3.8, 4) is 0 Å². The molecule has 0 aromatic carbocycles. The van der Waals surface area contributed by atoms with Crippen molar-refractivity contribution in [1.29, 1.82) is 0 Å². The molecule has 13 heteroatoms. The van der Waals surface area contributed by atoms with E-state index in [0.29, 0.717) is 0 Å². The van der Waals surface area contributed by atoms with Crippen LogP contribution in [0.3, 0.4) is 0 Å². The van der Waals surface area contributed by atoms with Crippen molar-refractivity contribution in [3.63, 3.8) is 0 Å². The van der Waals surface area contributed by atoms with Crippen LogP contribution in [0.4, 0.5) is 0 Å². The second-order valence-electron chi connectivity index (χ2n) is 1.06. The van der Waals surface area contributed by atoms with Gasteiger partial charge in [0.25, 0.3) is 0 Å². The van der Waals surface area contributed by atoms with Crippen LogP contribution in [0.1, 0.15) is 0 Å². The zero-order valence-corrected chi connectivity index (χ0v) is 6.20. The van der Waals surface area contributed by atoms with E-state index in [1.165, 1.54) is 0 Å². The molecule has 0 aromatic rings. The van der Waals surface area contributed by atoms with Crippen LogP contribution >= 0.6 is 15.6 Å². The van der Waals surface area contributed by atoms with E-state index in [9.17, 15) is 9.13 Å². The number of rotatable bonds is 2. The van der Waals surface area contributed by atoms with Gasteiger partial charge in [-0.15, -0.1) is 0 Å². The predicted molar refractivity (Wildman–Crippen MR) is 50.2 cm³/mol. The van der Waals surface area contributed by atoms with E-state index in [2.05, 4.69) is 4.31 Å². The van der Waals surface area contributed by atoms with Gasteiger partial charge in [-0.3, -0.25) is 0 Å². The summed E-state index contributed by atoms with van der Waals surface area (Å²) in [6, 6.07) is 0. The Hall–Kier alpha value is 4.49. The van der Waals surface area contributed by atoms with E-state index in [1.54, 1.807) is 0 Å². The molecule has 0 aliphatic rings. The molecule has 0 aromatic heterocycles. The van der Waals surface area contributed by atoms with Gasteiger partial charge in [0.05, 0.1) is 0 Å². The van der Waals surface area contributed by atoms with Gasteiger partial charge in [0.2, 0.25) is 0 Å². The summed E-state index contributed by atoms with van der Waals surface area (Å²) in [6.45, 7) is 0. The third kappa shape index (κ3) is 31.5. The summed E-state index contributed by atoms with van der Waals surface area (Å²) in [4.78, 5) is 31.0. The fourth-order valence-corrected chi connectivity index (χ4v) is 1.25. The molecule has 0 saturated heterocycles. The molecule has 6 N–H and O–H groups in total. The molecule has 0 bridgehead atoms. The second-order valence-corrected chi connectivity index (χ2v) is 3.68. The van der Waals surface area contributed by atoms with Gasteiger partial charge in [-0.25, -0.2) is 9.13 Å². The standard InChI is InChI=1S/2K.Na.H4O7P2.H2O.3H/c;;;1-8(2,3)7-9(4,5)6;;;;/h;;;(H2,1,2,3)(H2,4,5,6);1H2;;;. The minimum atomic E-state index is -5.05. The normalized spacial score (nSPS) is 9.54. The Labute approximate surface area is 182 Å². The number of hydrogen-bond acceptors (Lipinski definition) is 3. The molecule has 13 heavy (non-hydrogen) atoms. The van der Waals surface area contributed by atoms with Crippen LogP contribution in [0, 0.1) is 0 Å². The average molecular weight is 300 g/mol. The first kappa shape index (κ1) is 30.5. The first-order chi connectivity index (χ1) is 3.71. The second kappa shape index (κ2) is 12.9. The van der Waals surface area contributed by atoms with Gasteiger partial charge in [0, 0.05) is 0 Å². The molecule has 8 nitrogen and oxygen atoms in total. The monoisotopic (exact) mass is 300 g/mol. The van der Waals surface area contributed by atoms with Crippen LogP contribution in [-0.4, -0.2) is 157 Å². The molecular formula is H9K2NaO8P2. The summed E-state index contributed by atoms with van der Waals surface area (Å²) in [5.74, 6) is 0. The van der Waals surface area contributed by atoms with Gasteiger partial charge in [-0.1, -0.05) is 0 Å². The van der Waals surface area contributed by atoms with Gasteiger partial charge in [-0.2, -0.15) is 4.31 Å². The molecule has 0 aliphatic heterocycles. The van der Waals surface area contributed by atoms with Gasteiger partial charge >= 0.3 is 148 Å². The van der Waals surface area contributed by atoms with Crippen LogP contribution in [0.2, 0.25) is 0 Å². The van der Waals surface area contributed by atoms with Crippen molar-refractivity contribution in [2.75, 3.05) is 0 Å². The summed E-state index contributed by atoms with van der Waals surface area (Å²) >= 11 is 0. The molecule has 0 unspecified atom stereocenters. The van der Waals surface area contributed by atoms with Crippen LogP contribution in [-0.2, 0) is 13.4 Å². The maximum atomic E-state index is 9.63. The number of hydrogen-bond donors (Lipinski definition) is 4. The Bertz CT molecular complexity index is 161. The SMILES string of the molecule is O.O=P(O)(O)OP(=O)(O)O.[KH].[KH].[NaH]. The van der Waals surface area contributed by atoms with Gasteiger partial charge in [0.1, 0.15) is 0 Å². The molecule has 0 radical (unpaired) electrons. The molecule has 0 saturated carbocycles. The fraction of sp³-hybridized carbons (Fsp3) is 0. The third-order valence-electron chi connectivity index (χ3n) is 0.213. The molecular weight excluding hydrogens is 291 g/mol. The van der Waals surface area contributed by atoms with Crippen LogP contribution in [0.15, 0.2) is 0 Å². The quantitative estimate of drug-likeness (QED) is 0.303. The van der Waals surface area contributed by atoms with E-state index < -0.39 is 15.6 Å². The van der Waals surface area contributed by atoms with E-state index in [1.807, 2.05) is 0 Å². The third-order valence-corrected chi connectivity index (χ3v) is 1.91. The van der Waals surface area contributed by atoms with Crippen molar-refractivity contribution in [1.82, 2.24) is 0 Å². The first-order valence-corrected chi connectivity index (χ1v) is 4.59. The van der Waals surface area contributed by atoms with E-state index in [4.69, 9.17) is 19.6 Å². The molecule has 0 fully saturated rings. The van der Waals surface area contributed by atoms with Crippen molar-refractivity contribution >= 4 is 148 Å². The zero-order valence-electron chi connectivity index (χ0n) is 4.41. The molecule has 0 rings (SSSR count). The average Bonchev–Trinajstić information content (AvgIpc) is 1.14. The predicted octanol–water partition coefficient (Wildman–Crippen LogP) is -3.58. The summed E-state index contributed by atoms with van der Waals surface area (Å²) in [7, 11) is -10.1. The molecule has 0 heterocycles. The fourth-order valence-electron chi connectivity index (χ4n) is 0.139. The molecule has 0 atom stereocenters. The van der Waals surface area contributed by atoms with Crippen LogP contribution in [0.25, 0.3) is 0 Å². The summed E-state index contributed by atoms with van der Waals surface area (Å²) < 4.78 is 22.2. The van der Waals surface area contributed by atoms with Crippen LogP contribution < -0.4 is 0 Å². The summed E-state index contributed by atoms with van der Waals surface area (Å²) in [5.41, 5.74) is 0. The van der Waals surface area contributed by atoms with E-state index in [-0.39, 0.29) is 138 Å². The number of phosphoric acid groups is 2. The van der Waals surface area contributed by atoms with E-state index >= 15 is 0 Å². The molecule has 0 amide bonds. The van der Waals surface area contributed by atoms with Crippen molar-refractivity contribution < 1.29 is 38.5 Å². The Morgan fingerprint density at radius 2 is 1.00 bits per heavy atom. The van der Waals surface area contributed by atoms with Gasteiger partial charge < -0.3 is 25.0 Å². The molecule has 0 aliphatic carbocycles. The van der Waals surface area contributed by atoms with Crippen molar-refractivity contribution in [2.45, 2.75) is 0 Å². The molecule has 0 spiro atoms. The van der Waals surface area contributed by atoms with Gasteiger partial charge in [-0.05, 0) is 0 Å². The van der Waals surface area contributed by atoms with Crippen molar-refractivity contribution in [3.05, 3.63) is 0 Å². The Morgan fingerprint density at radius 3 is 1.00 bits per heavy atom. The summed E-state index contributed by atoms with van der Waals surface area (Å²) in [5, 5.41) is 0. The van der Waals surface area contributed by atoms with Crippen molar-refractivity contribution in [2.24, 2.45) is 0 Å². The Kier molecular flexibility index (Phi) is 30.3. The Morgan fingerprint density at radius 1 is 0.846 bits per heavy atom. The zero-order chi connectivity index (χ0) is 7.71. The molecule has 70 valence electrons. The minimum absolute atomic E-state index is 0. The van der Waals surface area contributed by atoms with E-state index in [0.717, 1.165) is 0 Å². The summed E-state index contributed by atoms with van der Waals surface area (Å²) in [6.07, 6.45) is 0. The maximum absolute atomic E-state index is 9.63.